The minimum Gasteiger partial charge on any atom is -0.497 e. The first-order valence-electron chi connectivity index (χ1n) is 5.87. The Labute approximate surface area is 121 Å². The summed E-state index contributed by atoms with van der Waals surface area (Å²) in [6.45, 7) is 0. The molecular formula is C13H14N2O5S. The van der Waals surface area contributed by atoms with Gasteiger partial charge in [0.2, 0.25) is 0 Å². The fourth-order valence-electron chi connectivity index (χ4n) is 1.56. The molecule has 0 saturated carbocycles. The van der Waals surface area contributed by atoms with Crippen LogP contribution in [0.15, 0.2) is 47.1 Å². The van der Waals surface area contributed by atoms with Crippen LogP contribution >= 0.6 is 0 Å². The van der Waals surface area contributed by atoms with Gasteiger partial charge in [-0.15, -0.1) is 0 Å². The minimum atomic E-state index is -3.58. The summed E-state index contributed by atoms with van der Waals surface area (Å²) in [6, 6.07) is 8.02. The van der Waals surface area contributed by atoms with E-state index in [-0.39, 0.29) is 11.1 Å². The molecule has 0 saturated heterocycles. The highest BCUT2D eigenvalue weighted by Gasteiger charge is 2.05. The van der Waals surface area contributed by atoms with Gasteiger partial charge in [0.25, 0.3) is 10.0 Å². The summed E-state index contributed by atoms with van der Waals surface area (Å²) >= 11 is 0. The summed E-state index contributed by atoms with van der Waals surface area (Å²) in [6.07, 6.45) is 3.45. The maximum atomic E-state index is 11.3. The zero-order chi connectivity index (χ0) is 15.5. The lowest BCUT2D eigenvalue weighted by molar-refractivity contribution is 0.181. The van der Waals surface area contributed by atoms with Gasteiger partial charge >= 0.3 is 0 Å². The molecule has 0 unspecified atom stereocenters. The standard InChI is InChI=1S/C13H14N2O5S/c1-19-10-3-5-11(6-4-10)20-13-9-15(16)8-7-12(13)14-21(2,17)18/h3-9,16H,1-2H3/b14-12+. The van der Waals surface area contributed by atoms with E-state index in [1.54, 1.807) is 31.4 Å². The van der Waals surface area contributed by atoms with Crippen molar-refractivity contribution in [2.45, 2.75) is 0 Å². The second kappa shape index (κ2) is 5.88. The molecule has 21 heavy (non-hydrogen) atoms. The Morgan fingerprint density at radius 3 is 2.33 bits per heavy atom. The van der Waals surface area contributed by atoms with Crippen LogP contribution in [-0.2, 0) is 10.0 Å². The van der Waals surface area contributed by atoms with Gasteiger partial charge in [-0.3, -0.25) is 0 Å². The number of rotatable bonds is 4. The van der Waals surface area contributed by atoms with Crippen LogP contribution in [0.5, 0.6) is 17.2 Å². The Kier molecular flexibility index (Phi) is 4.18. The molecule has 0 amide bonds. The Bertz CT molecular complexity index is 794. The molecule has 0 atom stereocenters. The van der Waals surface area contributed by atoms with Crippen molar-refractivity contribution in [1.29, 1.82) is 0 Å². The zero-order valence-corrected chi connectivity index (χ0v) is 12.2. The Morgan fingerprint density at radius 2 is 1.76 bits per heavy atom. The fraction of sp³-hybridized carbons (Fsp3) is 0.154. The number of sulfonamides is 1. The molecular weight excluding hydrogens is 296 g/mol. The molecule has 0 aliphatic heterocycles. The number of methoxy groups -OCH3 is 1. The maximum absolute atomic E-state index is 11.3. The van der Waals surface area contributed by atoms with Gasteiger partial charge in [0.1, 0.15) is 16.9 Å². The van der Waals surface area contributed by atoms with Gasteiger partial charge in [-0.25, -0.2) is 8.42 Å². The van der Waals surface area contributed by atoms with E-state index < -0.39 is 10.0 Å². The van der Waals surface area contributed by atoms with E-state index in [2.05, 4.69) is 4.40 Å². The van der Waals surface area contributed by atoms with E-state index in [0.717, 1.165) is 11.0 Å². The second-order valence-corrected chi connectivity index (χ2v) is 5.82. The van der Waals surface area contributed by atoms with Gasteiger partial charge in [0.15, 0.2) is 5.75 Å². The summed E-state index contributed by atoms with van der Waals surface area (Å²) in [5.41, 5.74) is 0. The summed E-state index contributed by atoms with van der Waals surface area (Å²) in [7, 11) is -2.03. The number of pyridine rings is 1. The lowest BCUT2D eigenvalue weighted by Crippen LogP contribution is -2.11. The first-order valence-corrected chi connectivity index (χ1v) is 7.72. The average Bonchev–Trinajstić information content (AvgIpc) is 2.41. The van der Waals surface area contributed by atoms with Crippen LogP contribution in [0.3, 0.4) is 0 Å². The molecule has 0 bridgehead atoms. The molecule has 0 radical (unpaired) electrons. The molecule has 112 valence electrons. The van der Waals surface area contributed by atoms with Crippen molar-refractivity contribution in [1.82, 2.24) is 4.73 Å². The number of hydrogen-bond donors (Lipinski definition) is 1. The highest BCUT2D eigenvalue weighted by molar-refractivity contribution is 7.89. The van der Waals surface area contributed by atoms with Crippen LogP contribution in [0, 0.1) is 0 Å². The molecule has 0 aliphatic carbocycles. The van der Waals surface area contributed by atoms with Crippen molar-refractivity contribution < 1.29 is 23.1 Å². The molecule has 1 heterocycles. The monoisotopic (exact) mass is 310 g/mol. The van der Waals surface area contributed by atoms with Crippen LogP contribution in [0.25, 0.3) is 0 Å². The lowest BCUT2D eigenvalue weighted by Gasteiger charge is -2.08. The zero-order valence-electron chi connectivity index (χ0n) is 11.4. The first kappa shape index (κ1) is 14.9. The highest BCUT2D eigenvalue weighted by Crippen LogP contribution is 2.21. The van der Waals surface area contributed by atoms with Crippen molar-refractivity contribution in [2.75, 3.05) is 13.4 Å². The van der Waals surface area contributed by atoms with E-state index >= 15 is 0 Å². The number of nitrogens with zero attached hydrogens (tertiary/aromatic N) is 2. The molecule has 2 aromatic rings. The molecule has 0 aliphatic rings. The molecule has 2 rings (SSSR count). The van der Waals surface area contributed by atoms with Crippen molar-refractivity contribution in [2.24, 2.45) is 4.40 Å². The topological polar surface area (TPSA) is 90.1 Å². The van der Waals surface area contributed by atoms with Crippen LogP contribution in [0.1, 0.15) is 0 Å². The second-order valence-electron chi connectivity index (χ2n) is 4.18. The fourth-order valence-corrected chi connectivity index (χ4v) is 2.07. The van der Waals surface area contributed by atoms with Crippen molar-refractivity contribution in [3.8, 4) is 17.2 Å². The van der Waals surface area contributed by atoms with E-state index in [1.807, 2.05) is 0 Å². The smallest absolute Gasteiger partial charge is 0.250 e. The SMILES string of the molecule is COc1ccc(Oc2cn(O)cc/c2=N\S(C)(=O)=O)cc1. The molecule has 8 heteroatoms. The predicted molar refractivity (Wildman–Crippen MR) is 75.1 cm³/mol. The van der Waals surface area contributed by atoms with Gasteiger partial charge in [0.05, 0.1) is 19.6 Å². The van der Waals surface area contributed by atoms with E-state index in [0.29, 0.717) is 11.5 Å². The third kappa shape index (κ3) is 4.25. The van der Waals surface area contributed by atoms with Crippen LogP contribution in [-0.4, -0.2) is 31.7 Å². The van der Waals surface area contributed by atoms with E-state index in [4.69, 9.17) is 9.47 Å². The Morgan fingerprint density at radius 1 is 1.14 bits per heavy atom. The van der Waals surface area contributed by atoms with Gasteiger partial charge in [-0.2, -0.15) is 9.13 Å². The Balaban J connectivity index is 2.43. The van der Waals surface area contributed by atoms with Gasteiger partial charge in [0, 0.05) is 6.20 Å². The minimum absolute atomic E-state index is 0.0959. The normalized spacial score (nSPS) is 12.2. The third-order valence-electron chi connectivity index (χ3n) is 2.44. The van der Waals surface area contributed by atoms with Gasteiger partial charge < -0.3 is 14.7 Å². The summed E-state index contributed by atoms with van der Waals surface area (Å²) in [4.78, 5) is 0. The molecule has 7 nitrogen and oxygen atoms in total. The first-order chi connectivity index (χ1) is 9.87. The van der Waals surface area contributed by atoms with Gasteiger partial charge in [-0.05, 0) is 30.3 Å². The van der Waals surface area contributed by atoms with Crippen molar-refractivity contribution >= 4 is 10.0 Å². The number of ether oxygens (including phenoxy) is 2. The van der Waals surface area contributed by atoms with Crippen molar-refractivity contribution in [3.05, 3.63) is 48.1 Å². The Hall–Kier alpha value is -2.48. The van der Waals surface area contributed by atoms with Crippen molar-refractivity contribution in [3.63, 3.8) is 0 Å². The maximum Gasteiger partial charge on any atom is 0.250 e. The molecule has 0 fully saturated rings. The van der Waals surface area contributed by atoms with E-state index in [9.17, 15) is 13.6 Å². The highest BCUT2D eigenvalue weighted by atomic mass is 32.2. The number of hydrogen-bond acceptors (Lipinski definition) is 5. The quantitative estimate of drug-likeness (QED) is 0.862. The van der Waals surface area contributed by atoms with Crippen LogP contribution in [0.4, 0.5) is 0 Å². The van der Waals surface area contributed by atoms with Crippen LogP contribution in [0.2, 0.25) is 0 Å². The molecule has 1 aromatic carbocycles. The molecule has 1 aromatic heterocycles. The third-order valence-corrected chi connectivity index (χ3v) is 2.97. The number of aromatic nitrogens is 1. The van der Waals surface area contributed by atoms with E-state index in [1.165, 1.54) is 18.5 Å². The summed E-state index contributed by atoms with van der Waals surface area (Å²) in [5, 5.41) is 9.52. The molecule has 1 N–H and O–H groups in total. The van der Waals surface area contributed by atoms with Crippen LogP contribution < -0.4 is 14.8 Å². The van der Waals surface area contributed by atoms with Gasteiger partial charge in [-0.1, -0.05) is 0 Å². The average molecular weight is 310 g/mol. The lowest BCUT2D eigenvalue weighted by atomic mass is 10.3. The molecule has 0 spiro atoms. The summed E-state index contributed by atoms with van der Waals surface area (Å²) < 4.78 is 37.4. The summed E-state index contributed by atoms with van der Waals surface area (Å²) in [5.74, 6) is 1.22. The largest absolute Gasteiger partial charge is 0.497 e. The predicted octanol–water partition coefficient (Wildman–Crippen LogP) is 1.39. The number of benzene rings is 1.